The van der Waals surface area contributed by atoms with Gasteiger partial charge in [-0.25, -0.2) is 9.97 Å². The van der Waals surface area contributed by atoms with Gasteiger partial charge in [0.05, 0.1) is 5.69 Å². The van der Waals surface area contributed by atoms with Crippen LogP contribution in [0.4, 0.5) is 5.82 Å². The van der Waals surface area contributed by atoms with Crippen LogP contribution in [-0.2, 0) is 24.2 Å². The van der Waals surface area contributed by atoms with Gasteiger partial charge in [-0.1, -0.05) is 18.0 Å². The fourth-order valence-corrected chi connectivity index (χ4v) is 4.27. The Bertz CT molecular complexity index is 795. The van der Waals surface area contributed by atoms with Gasteiger partial charge in [0.1, 0.15) is 17.7 Å². The Balaban J connectivity index is 1.25. The van der Waals surface area contributed by atoms with Gasteiger partial charge in [-0.05, 0) is 25.7 Å². The Morgan fingerprint density at radius 3 is 2.81 bits per heavy atom. The van der Waals surface area contributed by atoms with Crippen molar-refractivity contribution in [2.45, 2.75) is 70.1 Å². The smallest absolute Gasteiger partial charge is 0.255 e. The molecular weight excluding hydrogens is 344 g/mol. The van der Waals surface area contributed by atoms with Crippen molar-refractivity contribution in [3.05, 3.63) is 28.8 Å². The lowest BCUT2D eigenvalue weighted by atomic mass is 10.1. The van der Waals surface area contributed by atoms with Crippen LogP contribution in [0.2, 0.25) is 0 Å². The summed E-state index contributed by atoms with van der Waals surface area (Å²) in [7, 11) is 0. The molecule has 144 valence electrons. The first-order valence-electron chi connectivity index (χ1n) is 10.1. The Labute approximate surface area is 158 Å². The normalized spacial score (nSPS) is 22.4. The Kier molecular flexibility index (Phi) is 4.75. The third kappa shape index (κ3) is 3.55. The summed E-state index contributed by atoms with van der Waals surface area (Å²) in [6.45, 7) is 3.16. The molecule has 0 amide bonds. The van der Waals surface area contributed by atoms with Crippen LogP contribution in [0.25, 0.3) is 0 Å². The van der Waals surface area contributed by atoms with Crippen molar-refractivity contribution in [3.8, 4) is 0 Å². The Hall–Kier alpha value is -2.06. The monoisotopic (exact) mass is 370 g/mol. The number of fused-ring (bicyclic) bond motifs is 1. The molecule has 2 aromatic rings. The summed E-state index contributed by atoms with van der Waals surface area (Å²) in [4.78, 5) is 14.2. The van der Waals surface area contributed by atoms with E-state index in [1.807, 2.05) is 0 Å². The van der Waals surface area contributed by atoms with E-state index in [0.717, 1.165) is 56.4 Å². The number of hydrogen-bond donors (Lipinski definition) is 2. The minimum Gasteiger partial charge on any atom is -0.369 e. The van der Waals surface area contributed by atoms with Crippen molar-refractivity contribution in [3.63, 3.8) is 0 Å². The van der Waals surface area contributed by atoms with Crippen LogP contribution in [-0.4, -0.2) is 33.3 Å². The van der Waals surface area contributed by atoms with Crippen LogP contribution >= 0.6 is 0 Å². The van der Waals surface area contributed by atoms with Crippen molar-refractivity contribution in [2.75, 3.05) is 18.5 Å². The molecule has 1 saturated heterocycles. The highest BCUT2D eigenvalue weighted by Gasteiger charge is 2.26. The van der Waals surface area contributed by atoms with Gasteiger partial charge in [0, 0.05) is 44.1 Å². The molecule has 1 unspecified atom stereocenters. The number of nitrogens with one attached hydrogen (secondary N) is 2. The molecule has 0 bridgehead atoms. The van der Waals surface area contributed by atoms with E-state index in [9.17, 15) is 0 Å². The Morgan fingerprint density at radius 2 is 1.96 bits per heavy atom. The van der Waals surface area contributed by atoms with E-state index >= 15 is 0 Å². The molecule has 0 aromatic carbocycles. The summed E-state index contributed by atoms with van der Waals surface area (Å²) in [6.07, 6.45) is 7.68. The molecule has 2 aromatic heterocycles. The maximum atomic E-state index is 5.60. The molecule has 0 radical (unpaired) electrons. The van der Waals surface area contributed by atoms with Gasteiger partial charge < -0.3 is 19.9 Å². The fraction of sp³-hybridized carbons (Fsp3) is 0.684. The lowest BCUT2D eigenvalue weighted by Crippen LogP contribution is -2.13. The van der Waals surface area contributed by atoms with E-state index in [1.54, 1.807) is 0 Å². The highest BCUT2D eigenvalue weighted by Crippen LogP contribution is 2.34. The zero-order valence-corrected chi connectivity index (χ0v) is 15.5. The molecule has 2 fully saturated rings. The summed E-state index contributed by atoms with van der Waals surface area (Å²) in [6, 6.07) is 0. The van der Waals surface area contributed by atoms with E-state index in [4.69, 9.17) is 19.2 Å². The number of anilines is 1. The van der Waals surface area contributed by atoms with E-state index < -0.39 is 0 Å². The van der Waals surface area contributed by atoms with Gasteiger partial charge in [-0.15, -0.1) is 0 Å². The molecule has 8 nitrogen and oxygen atoms in total. The molecule has 0 spiro atoms. The lowest BCUT2D eigenvalue weighted by Gasteiger charge is -2.14. The molecule has 5 rings (SSSR count). The molecular formula is C19H26N6O2. The highest BCUT2D eigenvalue weighted by molar-refractivity contribution is 5.48. The van der Waals surface area contributed by atoms with Crippen molar-refractivity contribution < 1.29 is 9.26 Å². The molecule has 4 heterocycles. The van der Waals surface area contributed by atoms with Crippen molar-refractivity contribution in [1.82, 2.24) is 25.4 Å². The van der Waals surface area contributed by atoms with Crippen molar-refractivity contribution in [2.24, 2.45) is 0 Å². The topological polar surface area (TPSA) is 98.0 Å². The van der Waals surface area contributed by atoms with E-state index in [0.29, 0.717) is 24.1 Å². The summed E-state index contributed by atoms with van der Waals surface area (Å²) in [5.74, 6) is 3.82. The minimum atomic E-state index is -0.0237. The third-order valence-corrected chi connectivity index (χ3v) is 5.75. The standard InChI is InChI=1S/C19H26N6O2/c1-2-5-12(4-1)17-22-14-11-20-10-13(14)18(24-17)21-8-7-16-23-19(27-25-16)15-6-3-9-26-15/h12,15,20H,1-11H2,(H,21,22,24). The minimum absolute atomic E-state index is 0.0237. The van der Waals surface area contributed by atoms with Gasteiger partial charge >= 0.3 is 0 Å². The van der Waals surface area contributed by atoms with E-state index in [-0.39, 0.29) is 6.10 Å². The molecule has 2 aliphatic heterocycles. The first-order valence-corrected chi connectivity index (χ1v) is 10.1. The third-order valence-electron chi connectivity index (χ3n) is 5.75. The maximum Gasteiger partial charge on any atom is 0.255 e. The number of aromatic nitrogens is 4. The maximum absolute atomic E-state index is 5.60. The highest BCUT2D eigenvalue weighted by atomic mass is 16.5. The molecule has 8 heteroatoms. The molecule has 2 N–H and O–H groups in total. The average molecular weight is 370 g/mol. The molecule has 1 aliphatic carbocycles. The first-order chi connectivity index (χ1) is 13.4. The summed E-state index contributed by atoms with van der Waals surface area (Å²) >= 11 is 0. The van der Waals surface area contributed by atoms with Gasteiger partial charge in [0.25, 0.3) is 5.89 Å². The molecule has 3 aliphatic rings. The van der Waals surface area contributed by atoms with Crippen LogP contribution in [0.3, 0.4) is 0 Å². The zero-order chi connectivity index (χ0) is 18.1. The zero-order valence-electron chi connectivity index (χ0n) is 15.5. The second-order valence-corrected chi connectivity index (χ2v) is 7.67. The second-order valence-electron chi connectivity index (χ2n) is 7.67. The SMILES string of the molecule is C1CCC(c2nc3c(c(NCCc4noc(C5CCCO5)n4)n2)CNC3)C1. The summed E-state index contributed by atoms with van der Waals surface area (Å²) in [5.41, 5.74) is 2.35. The number of rotatable bonds is 6. The predicted octanol–water partition coefficient (Wildman–Crippen LogP) is 2.63. The lowest BCUT2D eigenvalue weighted by molar-refractivity contribution is 0.0835. The van der Waals surface area contributed by atoms with Crippen molar-refractivity contribution >= 4 is 5.82 Å². The first kappa shape index (κ1) is 17.1. The van der Waals surface area contributed by atoms with Gasteiger partial charge in [-0.2, -0.15) is 4.98 Å². The van der Waals surface area contributed by atoms with Crippen LogP contribution in [0.15, 0.2) is 4.52 Å². The summed E-state index contributed by atoms with van der Waals surface area (Å²) < 4.78 is 11.0. The number of ether oxygens (including phenoxy) is 1. The van der Waals surface area contributed by atoms with Crippen LogP contribution in [0, 0.1) is 0 Å². The van der Waals surface area contributed by atoms with Crippen LogP contribution < -0.4 is 10.6 Å². The fourth-order valence-electron chi connectivity index (χ4n) is 4.27. The van der Waals surface area contributed by atoms with E-state index in [1.165, 1.54) is 31.2 Å². The number of hydrogen-bond acceptors (Lipinski definition) is 8. The molecule has 27 heavy (non-hydrogen) atoms. The van der Waals surface area contributed by atoms with E-state index in [2.05, 4.69) is 20.8 Å². The van der Waals surface area contributed by atoms with Gasteiger partial charge in [0.15, 0.2) is 5.82 Å². The quantitative estimate of drug-likeness (QED) is 0.801. The number of nitrogens with zero attached hydrogens (tertiary/aromatic N) is 4. The van der Waals surface area contributed by atoms with Crippen LogP contribution in [0.5, 0.6) is 0 Å². The molecule has 1 saturated carbocycles. The molecule has 1 atom stereocenters. The van der Waals surface area contributed by atoms with Gasteiger partial charge in [-0.3, -0.25) is 0 Å². The Morgan fingerprint density at radius 1 is 1.04 bits per heavy atom. The van der Waals surface area contributed by atoms with Crippen LogP contribution in [0.1, 0.15) is 79.3 Å². The second kappa shape index (κ2) is 7.52. The van der Waals surface area contributed by atoms with Gasteiger partial charge in [0.2, 0.25) is 0 Å². The summed E-state index contributed by atoms with van der Waals surface area (Å²) in [5, 5.41) is 11.0. The predicted molar refractivity (Wildman–Crippen MR) is 98.2 cm³/mol. The van der Waals surface area contributed by atoms with Crippen molar-refractivity contribution in [1.29, 1.82) is 0 Å². The average Bonchev–Trinajstić information content (AvgIpc) is 3.49. The largest absolute Gasteiger partial charge is 0.369 e.